The van der Waals surface area contributed by atoms with E-state index in [4.69, 9.17) is 9.47 Å². The molecule has 0 amide bonds. The molecule has 1 atom stereocenters. The van der Waals surface area contributed by atoms with E-state index < -0.39 is 34.6 Å². The van der Waals surface area contributed by atoms with Crippen molar-refractivity contribution in [2.24, 2.45) is 5.92 Å². The Labute approximate surface area is 277 Å². The van der Waals surface area contributed by atoms with E-state index in [9.17, 15) is 14.7 Å². The molecule has 0 aliphatic carbocycles. The van der Waals surface area contributed by atoms with Crippen molar-refractivity contribution in [2.45, 2.75) is 58.3 Å². The minimum absolute atomic E-state index is 0.210. The van der Waals surface area contributed by atoms with Gasteiger partial charge in [0.15, 0.2) is 5.92 Å². The lowest BCUT2D eigenvalue weighted by Crippen LogP contribution is -2.37. The van der Waals surface area contributed by atoms with Crippen LogP contribution in [0, 0.1) is 5.92 Å². The predicted octanol–water partition coefficient (Wildman–Crippen LogP) is 9.61. The van der Waals surface area contributed by atoms with E-state index >= 15 is 0 Å². The van der Waals surface area contributed by atoms with Crippen molar-refractivity contribution >= 4 is 11.9 Å². The molecule has 47 heavy (non-hydrogen) atoms. The predicted molar refractivity (Wildman–Crippen MR) is 187 cm³/mol. The Kier molecular flexibility index (Phi) is 9.67. The van der Waals surface area contributed by atoms with Gasteiger partial charge in [0.2, 0.25) is 0 Å². The first-order valence-electron chi connectivity index (χ1n) is 15.9. The Bertz CT molecular complexity index is 1730. The van der Waals surface area contributed by atoms with Crippen LogP contribution in [0.25, 0.3) is 11.1 Å². The number of carbonyl (C=O) groups is 2. The highest BCUT2D eigenvalue weighted by atomic mass is 16.6. The van der Waals surface area contributed by atoms with Gasteiger partial charge in [0.05, 0.1) is 0 Å². The summed E-state index contributed by atoms with van der Waals surface area (Å²) in [5.41, 5.74) is 4.04. The first kappa shape index (κ1) is 33.2. The van der Waals surface area contributed by atoms with E-state index in [1.54, 1.807) is 48.5 Å². The summed E-state index contributed by atoms with van der Waals surface area (Å²) < 4.78 is 11.8. The van der Waals surface area contributed by atoms with Crippen LogP contribution < -0.4 is 9.47 Å². The van der Waals surface area contributed by atoms with Crippen LogP contribution >= 0.6 is 0 Å². The molecule has 0 heterocycles. The fourth-order valence-corrected chi connectivity index (χ4v) is 5.78. The summed E-state index contributed by atoms with van der Waals surface area (Å²) in [6.07, 6.45) is 0. The molecule has 0 radical (unpaired) electrons. The summed E-state index contributed by atoms with van der Waals surface area (Å²) in [4.78, 5) is 28.6. The Morgan fingerprint density at radius 3 is 1.32 bits per heavy atom. The third-order valence-corrected chi connectivity index (χ3v) is 8.25. The molecule has 0 aliphatic rings. The second kappa shape index (κ2) is 13.7. The Hall–Kier alpha value is -5.16. The molecule has 0 aromatic heterocycles. The molecule has 0 unspecified atom stereocenters. The lowest BCUT2D eigenvalue weighted by atomic mass is 9.73. The molecule has 5 aromatic carbocycles. The van der Waals surface area contributed by atoms with Gasteiger partial charge >= 0.3 is 11.9 Å². The van der Waals surface area contributed by atoms with Crippen molar-refractivity contribution in [2.75, 3.05) is 0 Å². The first-order valence-corrected chi connectivity index (χ1v) is 15.9. The minimum Gasteiger partial charge on any atom is -0.507 e. The maximum atomic E-state index is 14.3. The molecule has 0 saturated heterocycles. The van der Waals surface area contributed by atoms with Crippen LogP contribution in [0.4, 0.5) is 0 Å². The zero-order valence-electron chi connectivity index (χ0n) is 27.9. The van der Waals surface area contributed by atoms with Gasteiger partial charge in [-0.2, -0.15) is 0 Å². The number of para-hydroxylation sites is 2. The van der Waals surface area contributed by atoms with Crippen LogP contribution in [0.1, 0.15) is 69.7 Å². The first-order chi connectivity index (χ1) is 22.3. The smallest absolute Gasteiger partial charge is 0.326 e. The van der Waals surface area contributed by atoms with Gasteiger partial charge in [0.25, 0.3) is 0 Å². The van der Waals surface area contributed by atoms with Crippen molar-refractivity contribution in [3.8, 4) is 28.4 Å². The normalized spacial score (nSPS) is 12.4. The third-order valence-electron chi connectivity index (χ3n) is 8.25. The largest absolute Gasteiger partial charge is 0.507 e. The number of phenolic OH excluding ortho intramolecular Hbond substituents is 1. The number of esters is 2. The van der Waals surface area contributed by atoms with E-state index in [1.165, 1.54) is 0 Å². The highest BCUT2D eigenvalue weighted by Crippen LogP contribution is 2.44. The van der Waals surface area contributed by atoms with Crippen LogP contribution in [0.3, 0.4) is 0 Å². The Morgan fingerprint density at radius 1 is 0.532 bits per heavy atom. The summed E-state index contributed by atoms with van der Waals surface area (Å²) in [6, 6.07) is 39.2. The SMILES string of the molecule is CC(C)(C)c1cc([C@@H](c2ccc(-c3ccccc3)cc2)C(C(=O)Oc2ccccc2)C(=O)Oc2ccccc2)cc(C(C)(C)C)c1O. The molecular formula is C42H42O5. The van der Waals surface area contributed by atoms with E-state index in [-0.39, 0.29) is 5.75 Å². The molecule has 1 N–H and O–H groups in total. The molecule has 5 rings (SSSR count). The van der Waals surface area contributed by atoms with Gasteiger partial charge in [-0.15, -0.1) is 0 Å². The average molecular weight is 627 g/mol. The molecule has 0 aliphatic heterocycles. The topological polar surface area (TPSA) is 72.8 Å². The van der Waals surface area contributed by atoms with Crippen molar-refractivity contribution < 1.29 is 24.2 Å². The summed E-state index contributed by atoms with van der Waals surface area (Å²) >= 11 is 0. The second-order valence-electron chi connectivity index (χ2n) is 13.9. The van der Waals surface area contributed by atoms with E-state index in [1.807, 2.05) is 120 Å². The number of hydrogen-bond acceptors (Lipinski definition) is 5. The quantitative estimate of drug-likeness (QED) is 0.105. The van der Waals surface area contributed by atoms with Crippen molar-refractivity contribution in [3.05, 3.63) is 150 Å². The zero-order chi connectivity index (χ0) is 33.8. The van der Waals surface area contributed by atoms with Gasteiger partial charge in [0.1, 0.15) is 17.2 Å². The van der Waals surface area contributed by atoms with Crippen LogP contribution in [0.2, 0.25) is 0 Å². The van der Waals surface area contributed by atoms with Crippen LogP contribution in [0.5, 0.6) is 17.2 Å². The van der Waals surface area contributed by atoms with Gasteiger partial charge < -0.3 is 14.6 Å². The van der Waals surface area contributed by atoms with Gasteiger partial charge in [-0.05, 0) is 68.5 Å². The van der Waals surface area contributed by atoms with Crippen LogP contribution in [-0.2, 0) is 20.4 Å². The monoisotopic (exact) mass is 626 g/mol. The fourth-order valence-electron chi connectivity index (χ4n) is 5.78. The maximum absolute atomic E-state index is 14.3. The maximum Gasteiger partial charge on any atom is 0.326 e. The minimum atomic E-state index is -1.39. The summed E-state index contributed by atoms with van der Waals surface area (Å²) in [5, 5.41) is 11.6. The van der Waals surface area contributed by atoms with Crippen LogP contribution in [0.15, 0.2) is 127 Å². The Morgan fingerprint density at radius 2 is 0.915 bits per heavy atom. The second-order valence-corrected chi connectivity index (χ2v) is 13.9. The molecule has 5 aromatic rings. The summed E-state index contributed by atoms with van der Waals surface area (Å²) in [5.74, 6) is -2.82. The zero-order valence-corrected chi connectivity index (χ0v) is 27.9. The van der Waals surface area contributed by atoms with E-state index in [0.29, 0.717) is 17.1 Å². The molecule has 0 saturated carbocycles. The molecular weight excluding hydrogens is 584 g/mol. The lowest BCUT2D eigenvalue weighted by molar-refractivity contribution is -0.152. The highest BCUT2D eigenvalue weighted by molar-refractivity contribution is 5.98. The molecule has 5 heteroatoms. The third kappa shape index (κ3) is 7.81. The number of aromatic hydroxyl groups is 1. The van der Waals surface area contributed by atoms with E-state index in [2.05, 4.69) is 0 Å². The fraction of sp³-hybridized carbons (Fsp3) is 0.238. The summed E-state index contributed by atoms with van der Waals surface area (Å²) in [7, 11) is 0. The molecule has 0 spiro atoms. The summed E-state index contributed by atoms with van der Waals surface area (Å²) in [6.45, 7) is 12.2. The number of phenols is 1. The van der Waals surface area contributed by atoms with Gasteiger partial charge in [-0.1, -0.05) is 145 Å². The average Bonchev–Trinajstić information content (AvgIpc) is 3.04. The number of hydrogen-bond donors (Lipinski definition) is 1. The Balaban J connectivity index is 1.74. The number of carbonyl (C=O) groups excluding carboxylic acids is 2. The molecule has 240 valence electrons. The van der Waals surface area contributed by atoms with Gasteiger partial charge in [-0.25, -0.2) is 0 Å². The van der Waals surface area contributed by atoms with Crippen molar-refractivity contribution in [1.29, 1.82) is 0 Å². The van der Waals surface area contributed by atoms with E-state index in [0.717, 1.165) is 27.8 Å². The van der Waals surface area contributed by atoms with Gasteiger partial charge in [0, 0.05) is 5.92 Å². The van der Waals surface area contributed by atoms with Crippen molar-refractivity contribution in [1.82, 2.24) is 0 Å². The van der Waals surface area contributed by atoms with Crippen LogP contribution in [-0.4, -0.2) is 17.0 Å². The van der Waals surface area contributed by atoms with Gasteiger partial charge in [-0.3, -0.25) is 9.59 Å². The van der Waals surface area contributed by atoms with Crippen molar-refractivity contribution in [3.63, 3.8) is 0 Å². The molecule has 0 fully saturated rings. The number of benzene rings is 5. The number of rotatable bonds is 8. The lowest BCUT2D eigenvalue weighted by Gasteiger charge is -2.31. The molecule has 5 nitrogen and oxygen atoms in total. The standard InChI is InChI=1S/C42H42O5/c1-41(2,3)34-26-31(27-35(38(34)43)42(4,5)6)36(30-24-22-29(23-25-30)28-16-10-7-11-17-28)37(39(44)46-32-18-12-8-13-19-32)40(45)47-33-20-14-9-15-21-33/h7-27,36-37,43H,1-6H3/t36-/m1/s1. The highest BCUT2D eigenvalue weighted by Gasteiger charge is 2.42. The molecule has 0 bridgehead atoms. The number of ether oxygens (including phenoxy) is 2.